The standard InChI is InChI=1S/C14H11F3N2O/c15-11-5-4-9(12(16)13(11)17)7-19-14(20)8-2-1-3-10(18)6-8/h1-6H,7,18H2,(H,19,20). The van der Waals surface area contributed by atoms with Crippen molar-refractivity contribution in [1.29, 1.82) is 0 Å². The molecule has 0 aromatic heterocycles. The molecular weight excluding hydrogens is 269 g/mol. The maximum Gasteiger partial charge on any atom is 0.251 e. The summed E-state index contributed by atoms with van der Waals surface area (Å²) in [6, 6.07) is 8.09. The summed E-state index contributed by atoms with van der Waals surface area (Å²) in [5.74, 6) is -4.62. The molecule has 2 aromatic rings. The van der Waals surface area contributed by atoms with Gasteiger partial charge in [0, 0.05) is 23.4 Å². The van der Waals surface area contributed by atoms with Gasteiger partial charge in [0.2, 0.25) is 0 Å². The monoisotopic (exact) mass is 280 g/mol. The molecule has 20 heavy (non-hydrogen) atoms. The quantitative estimate of drug-likeness (QED) is 0.670. The lowest BCUT2D eigenvalue weighted by Crippen LogP contribution is -2.23. The number of nitrogens with two attached hydrogens (primary N) is 1. The lowest BCUT2D eigenvalue weighted by atomic mass is 10.1. The van der Waals surface area contributed by atoms with Gasteiger partial charge in [-0.25, -0.2) is 13.2 Å². The summed E-state index contributed by atoms with van der Waals surface area (Å²) in [6.07, 6.45) is 0. The van der Waals surface area contributed by atoms with Gasteiger partial charge in [0.15, 0.2) is 17.5 Å². The van der Waals surface area contributed by atoms with Crippen molar-refractivity contribution in [2.45, 2.75) is 6.54 Å². The van der Waals surface area contributed by atoms with Crippen LogP contribution < -0.4 is 11.1 Å². The SMILES string of the molecule is Nc1cccc(C(=O)NCc2ccc(F)c(F)c2F)c1. The lowest BCUT2D eigenvalue weighted by Gasteiger charge is -2.07. The maximum absolute atomic E-state index is 13.4. The van der Waals surface area contributed by atoms with E-state index in [0.717, 1.165) is 12.1 Å². The third-order valence-corrected chi connectivity index (χ3v) is 2.70. The van der Waals surface area contributed by atoms with Crippen LogP contribution in [0.3, 0.4) is 0 Å². The van der Waals surface area contributed by atoms with Crippen LogP contribution in [0.25, 0.3) is 0 Å². The summed E-state index contributed by atoms with van der Waals surface area (Å²) in [7, 11) is 0. The maximum atomic E-state index is 13.4. The molecule has 0 aliphatic carbocycles. The zero-order chi connectivity index (χ0) is 14.7. The Labute approximate surface area is 113 Å². The molecule has 0 aliphatic heterocycles. The van der Waals surface area contributed by atoms with Gasteiger partial charge in [-0.15, -0.1) is 0 Å². The largest absolute Gasteiger partial charge is 0.399 e. The summed E-state index contributed by atoms with van der Waals surface area (Å²) in [5, 5.41) is 2.41. The Bertz CT molecular complexity index is 659. The van der Waals surface area contributed by atoms with Crippen molar-refractivity contribution in [3.63, 3.8) is 0 Å². The topological polar surface area (TPSA) is 55.1 Å². The van der Waals surface area contributed by atoms with E-state index < -0.39 is 23.4 Å². The van der Waals surface area contributed by atoms with E-state index in [1.807, 2.05) is 0 Å². The van der Waals surface area contributed by atoms with E-state index in [4.69, 9.17) is 5.73 Å². The van der Waals surface area contributed by atoms with E-state index in [9.17, 15) is 18.0 Å². The molecule has 0 aliphatic rings. The predicted octanol–water partition coefficient (Wildman–Crippen LogP) is 2.62. The van der Waals surface area contributed by atoms with E-state index >= 15 is 0 Å². The number of hydrogen-bond acceptors (Lipinski definition) is 2. The molecule has 3 N–H and O–H groups in total. The van der Waals surface area contributed by atoms with Crippen molar-refractivity contribution in [2.75, 3.05) is 5.73 Å². The number of rotatable bonds is 3. The van der Waals surface area contributed by atoms with E-state index in [1.54, 1.807) is 12.1 Å². The molecule has 0 spiro atoms. The number of nitrogen functional groups attached to an aromatic ring is 1. The normalized spacial score (nSPS) is 10.3. The zero-order valence-electron chi connectivity index (χ0n) is 10.3. The number of amides is 1. The molecule has 0 radical (unpaired) electrons. The first-order chi connectivity index (χ1) is 9.49. The Balaban J connectivity index is 2.09. The highest BCUT2D eigenvalue weighted by atomic mass is 19.2. The molecule has 2 rings (SSSR count). The van der Waals surface area contributed by atoms with Crippen molar-refractivity contribution >= 4 is 11.6 Å². The average Bonchev–Trinajstić information content (AvgIpc) is 2.44. The van der Waals surface area contributed by atoms with Crippen molar-refractivity contribution in [3.05, 3.63) is 65.0 Å². The first kappa shape index (κ1) is 13.9. The molecule has 2 aromatic carbocycles. The highest BCUT2D eigenvalue weighted by Gasteiger charge is 2.14. The third kappa shape index (κ3) is 2.90. The second kappa shape index (κ2) is 5.64. The first-order valence-electron chi connectivity index (χ1n) is 5.75. The van der Waals surface area contributed by atoms with Gasteiger partial charge in [0.1, 0.15) is 0 Å². The van der Waals surface area contributed by atoms with Gasteiger partial charge >= 0.3 is 0 Å². The zero-order valence-corrected chi connectivity index (χ0v) is 10.3. The van der Waals surface area contributed by atoms with Crippen molar-refractivity contribution in [1.82, 2.24) is 5.32 Å². The molecule has 0 fully saturated rings. The van der Waals surface area contributed by atoms with Crippen LogP contribution >= 0.6 is 0 Å². The van der Waals surface area contributed by atoms with Gasteiger partial charge in [-0.2, -0.15) is 0 Å². The third-order valence-electron chi connectivity index (χ3n) is 2.70. The van der Waals surface area contributed by atoms with Gasteiger partial charge in [0.25, 0.3) is 5.91 Å². The van der Waals surface area contributed by atoms with Gasteiger partial charge < -0.3 is 11.1 Å². The molecule has 6 heteroatoms. The summed E-state index contributed by atoms with van der Waals surface area (Å²) in [4.78, 5) is 11.8. The van der Waals surface area contributed by atoms with Crippen molar-refractivity contribution in [3.8, 4) is 0 Å². The Morgan fingerprint density at radius 3 is 2.55 bits per heavy atom. The predicted molar refractivity (Wildman–Crippen MR) is 68.3 cm³/mol. The minimum Gasteiger partial charge on any atom is -0.399 e. The first-order valence-corrected chi connectivity index (χ1v) is 5.75. The molecule has 0 heterocycles. The second-order valence-electron chi connectivity index (χ2n) is 4.14. The van der Waals surface area contributed by atoms with Gasteiger partial charge in [-0.3, -0.25) is 4.79 Å². The Hall–Kier alpha value is -2.50. The van der Waals surface area contributed by atoms with Crippen LogP contribution in [0.15, 0.2) is 36.4 Å². The molecule has 0 saturated carbocycles. The minimum atomic E-state index is -1.55. The number of anilines is 1. The highest BCUT2D eigenvalue weighted by molar-refractivity contribution is 5.94. The minimum absolute atomic E-state index is 0.138. The van der Waals surface area contributed by atoms with Crippen molar-refractivity contribution in [2.24, 2.45) is 0 Å². The smallest absolute Gasteiger partial charge is 0.251 e. The fourth-order valence-electron chi connectivity index (χ4n) is 1.66. The average molecular weight is 280 g/mol. The fraction of sp³-hybridized carbons (Fsp3) is 0.0714. The van der Waals surface area contributed by atoms with Gasteiger partial charge in [-0.1, -0.05) is 12.1 Å². The van der Waals surface area contributed by atoms with E-state index in [1.165, 1.54) is 12.1 Å². The number of hydrogen-bond donors (Lipinski definition) is 2. The second-order valence-corrected chi connectivity index (χ2v) is 4.14. The van der Waals surface area contributed by atoms with Crippen LogP contribution in [0.2, 0.25) is 0 Å². The molecule has 0 bridgehead atoms. The molecule has 0 saturated heterocycles. The number of halogens is 3. The van der Waals surface area contributed by atoms with Crippen LogP contribution in [0.5, 0.6) is 0 Å². The number of nitrogens with one attached hydrogen (secondary N) is 1. The van der Waals surface area contributed by atoms with E-state index in [2.05, 4.69) is 5.32 Å². The summed E-state index contributed by atoms with van der Waals surface area (Å²) < 4.78 is 39.2. The van der Waals surface area contributed by atoms with Crippen LogP contribution in [0.1, 0.15) is 15.9 Å². The Morgan fingerprint density at radius 2 is 1.85 bits per heavy atom. The van der Waals surface area contributed by atoms with Crippen LogP contribution in [0.4, 0.5) is 18.9 Å². The number of carbonyl (C=O) groups excluding carboxylic acids is 1. The Morgan fingerprint density at radius 1 is 1.10 bits per heavy atom. The number of carbonyl (C=O) groups is 1. The van der Waals surface area contributed by atoms with Crippen molar-refractivity contribution < 1.29 is 18.0 Å². The van der Waals surface area contributed by atoms with Gasteiger partial charge in [-0.05, 0) is 24.3 Å². The Kier molecular flexibility index (Phi) is 3.93. The van der Waals surface area contributed by atoms with E-state index in [-0.39, 0.29) is 12.1 Å². The van der Waals surface area contributed by atoms with E-state index in [0.29, 0.717) is 11.3 Å². The summed E-state index contributed by atoms with van der Waals surface area (Å²) in [6.45, 7) is -0.253. The molecular formula is C14H11F3N2O. The molecule has 104 valence electrons. The lowest BCUT2D eigenvalue weighted by molar-refractivity contribution is 0.0950. The molecule has 0 atom stereocenters. The molecule has 3 nitrogen and oxygen atoms in total. The van der Waals surface area contributed by atoms with Crippen LogP contribution in [0, 0.1) is 17.5 Å². The van der Waals surface area contributed by atoms with Crippen LogP contribution in [-0.2, 0) is 6.54 Å². The fourth-order valence-corrected chi connectivity index (χ4v) is 1.66. The molecule has 0 unspecified atom stereocenters. The summed E-state index contributed by atoms with van der Waals surface area (Å²) >= 11 is 0. The van der Waals surface area contributed by atoms with Gasteiger partial charge in [0.05, 0.1) is 0 Å². The highest BCUT2D eigenvalue weighted by Crippen LogP contribution is 2.15. The number of benzene rings is 2. The van der Waals surface area contributed by atoms with Crippen LogP contribution in [-0.4, -0.2) is 5.91 Å². The molecule has 1 amide bonds. The summed E-state index contributed by atoms with van der Waals surface area (Å²) in [5.41, 5.74) is 6.11.